The molecule has 2 heterocycles. The number of likely N-dealkylation sites (tertiary alicyclic amines) is 1. The molecule has 1 atom stereocenters. The second-order valence-electron chi connectivity index (χ2n) is 6.68. The molecule has 4 rings (SSSR count). The summed E-state index contributed by atoms with van der Waals surface area (Å²) in [5, 5.41) is 0.321. The Kier molecular flexibility index (Phi) is 5.30. The highest BCUT2D eigenvalue weighted by atomic mass is 32.2. The second kappa shape index (κ2) is 8.01. The number of hydrogen-bond donors (Lipinski definition) is 0. The molecule has 0 bridgehead atoms. The van der Waals surface area contributed by atoms with Gasteiger partial charge in [-0.1, -0.05) is 72.4 Å². The lowest BCUT2D eigenvalue weighted by atomic mass is 10.1. The minimum absolute atomic E-state index is 0.165. The molecule has 0 N–H and O–H groups in total. The van der Waals surface area contributed by atoms with E-state index in [1.807, 2.05) is 72.5 Å². The van der Waals surface area contributed by atoms with Gasteiger partial charge in [0, 0.05) is 24.2 Å². The summed E-state index contributed by atoms with van der Waals surface area (Å²) in [6.45, 7) is 3.65. The summed E-state index contributed by atoms with van der Waals surface area (Å²) in [4.78, 5) is 19.3. The number of hydrogen-bond acceptors (Lipinski definition) is 4. The first-order valence-corrected chi connectivity index (χ1v) is 10.2. The summed E-state index contributed by atoms with van der Waals surface area (Å²) in [6, 6.07) is 20.0. The van der Waals surface area contributed by atoms with Gasteiger partial charge in [-0.25, -0.2) is 4.98 Å². The molecule has 27 heavy (non-hydrogen) atoms. The van der Waals surface area contributed by atoms with Gasteiger partial charge in [0.05, 0.1) is 5.25 Å². The highest BCUT2D eigenvalue weighted by Gasteiger charge is 2.26. The van der Waals surface area contributed by atoms with Gasteiger partial charge in [0.1, 0.15) is 5.69 Å². The summed E-state index contributed by atoms with van der Waals surface area (Å²) >= 11 is 1.39. The molecule has 5 heteroatoms. The molecule has 0 aliphatic carbocycles. The van der Waals surface area contributed by atoms with Crippen LogP contribution in [-0.4, -0.2) is 34.1 Å². The van der Waals surface area contributed by atoms with Crippen molar-refractivity contribution in [1.29, 1.82) is 0 Å². The van der Waals surface area contributed by atoms with Crippen LogP contribution in [0.25, 0.3) is 22.6 Å². The highest BCUT2D eigenvalue weighted by Crippen LogP contribution is 2.37. The first kappa shape index (κ1) is 17.9. The van der Waals surface area contributed by atoms with Crippen molar-refractivity contribution < 1.29 is 9.21 Å². The number of benzene rings is 2. The van der Waals surface area contributed by atoms with E-state index in [2.05, 4.69) is 0 Å². The lowest BCUT2D eigenvalue weighted by molar-refractivity contribution is -0.129. The van der Waals surface area contributed by atoms with Crippen LogP contribution < -0.4 is 0 Å². The quantitative estimate of drug-likeness (QED) is 0.579. The largest absolute Gasteiger partial charge is 0.431 e. The van der Waals surface area contributed by atoms with Crippen molar-refractivity contribution in [2.75, 3.05) is 13.1 Å². The molecule has 2 aromatic carbocycles. The van der Waals surface area contributed by atoms with Crippen LogP contribution in [-0.2, 0) is 4.79 Å². The number of carbonyl (C=O) groups excluding carboxylic acids is 1. The Balaban J connectivity index is 1.64. The van der Waals surface area contributed by atoms with Crippen molar-refractivity contribution >= 4 is 17.7 Å². The molecular formula is C22H22N2O2S. The molecular weight excluding hydrogens is 356 g/mol. The molecule has 0 radical (unpaired) electrons. The predicted molar refractivity (Wildman–Crippen MR) is 109 cm³/mol. The van der Waals surface area contributed by atoms with Crippen LogP contribution >= 0.6 is 11.8 Å². The zero-order valence-electron chi connectivity index (χ0n) is 15.3. The van der Waals surface area contributed by atoms with Crippen molar-refractivity contribution in [3.05, 3.63) is 60.7 Å². The summed E-state index contributed by atoms with van der Waals surface area (Å²) in [7, 11) is 0. The predicted octanol–water partition coefficient (Wildman–Crippen LogP) is 5.11. The van der Waals surface area contributed by atoms with Crippen LogP contribution in [0.5, 0.6) is 0 Å². The van der Waals surface area contributed by atoms with Gasteiger partial charge in [0.25, 0.3) is 5.22 Å². The molecule has 3 aromatic rings. The molecule has 0 saturated carbocycles. The first-order valence-electron chi connectivity index (χ1n) is 9.29. The fourth-order valence-electron chi connectivity index (χ4n) is 3.32. The van der Waals surface area contributed by atoms with Crippen LogP contribution in [0.3, 0.4) is 0 Å². The number of carbonyl (C=O) groups is 1. The number of aromatic nitrogens is 1. The Morgan fingerprint density at radius 1 is 1.00 bits per heavy atom. The summed E-state index contributed by atoms with van der Waals surface area (Å²) in [5.41, 5.74) is 2.80. The maximum absolute atomic E-state index is 12.6. The third-order valence-electron chi connectivity index (χ3n) is 4.73. The molecule has 1 aliphatic heterocycles. The normalized spacial score (nSPS) is 15.1. The summed E-state index contributed by atoms with van der Waals surface area (Å²) in [6.07, 6.45) is 2.19. The van der Waals surface area contributed by atoms with Crippen LogP contribution in [0.15, 0.2) is 70.3 Å². The van der Waals surface area contributed by atoms with Gasteiger partial charge >= 0.3 is 0 Å². The Bertz CT molecular complexity index is 846. The van der Waals surface area contributed by atoms with Crippen molar-refractivity contribution in [2.24, 2.45) is 0 Å². The summed E-state index contributed by atoms with van der Waals surface area (Å²) in [5.74, 6) is 0.906. The minimum Gasteiger partial charge on any atom is -0.431 e. The zero-order valence-corrected chi connectivity index (χ0v) is 16.1. The number of nitrogens with zero attached hydrogens (tertiary/aromatic N) is 2. The second-order valence-corrected chi connectivity index (χ2v) is 7.97. The minimum atomic E-state index is -0.214. The molecule has 0 spiro atoms. The monoisotopic (exact) mass is 378 g/mol. The fourth-order valence-corrected chi connectivity index (χ4v) is 4.15. The van der Waals surface area contributed by atoms with E-state index in [9.17, 15) is 4.79 Å². The fraction of sp³-hybridized carbons (Fsp3) is 0.273. The maximum atomic E-state index is 12.6. The van der Waals surface area contributed by atoms with Crippen LogP contribution in [0.4, 0.5) is 0 Å². The van der Waals surface area contributed by atoms with Gasteiger partial charge in [-0.05, 0) is 19.8 Å². The average molecular weight is 378 g/mol. The van der Waals surface area contributed by atoms with Gasteiger partial charge in [-0.3, -0.25) is 4.79 Å². The van der Waals surface area contributed by atoms with Gasteiger partial charge in [-0.15, -0.1) is 0 Å². The van der Waals surface area contributed by atoms with Gasteiger partial charge < -0.3 is 9.32 Å². The Hall–Kier alpha value is -2.53. The van der Waals surface area contributed by atoms with E-state index < -0.39 is 0 Å². The van der Waals surface area contributed by atoms with Gasteiger partial charge in [-0.2, -0.15) is 0 Å². The number of oxazole rings is 1. The molecule has 4 nitrogen and oxygen atoms in total. The molecule has 1 aliphatic rings. The molecule has 1 aromatic heterocycles. The van der Waals surface area contributed by atoms with Gasteiger partial charge in [0.15, 0.2) is 5.76 Å². The van der Waals surface area contributed by atoms with E-state index >= 15 is 0 Å². The molecule has 1 saturated heterocycles. The Morgan fingerprint density at radius 2 is 1.59 bits per heavy atom. The maximum Gasteiger partial charge on any atom is 0.257 e. The van der Waals surface area contributed by atoms with E-state index in [1.54, 1.807) is 0 Å². The standard InChI is InChI=1S/C22H22N2O2S/c1-16(21(25)24-14-8-9-15-24)27-22-23-19(17-10-4-2-5-11-17)20(26-22)18-12-6-3-7-13-18/h2-7,10-13,16H,8-9,14-15H2,1H3/t16-/m0/s1. The summed E-state index contributed by atoms with van der Waals surface area (Å²) < 4.78 is 6.12. The lowest BCUT2D eigenvalue weighted by Crippen LogP contribution is -2.34. The van der Waals surface area contributed by atoms with Crippen molar-refractivity contribution in [3.8, 4) is 22.6 Å². The smallest absolute Gasteiger partial charge is 0.257 e. The van der Waals surface area contributed by atoms with E-state index in [0.29, 0.717) is 5.22 Å². The van der Waals surface area contributed by atoms with Crippen LogP contribution in [0.1, 0.15) is 19.8 Å². The van der Waals surface area contributed by atoms with Crippen molar-refractivity contribution in [1.82, 2.24) is 9.88 Å². The SMILES string of the molecule is C[C@H](Sc1nc(-c2ccccc2)c(-c2ccccc2)o1)C(=O)N1CCCC1. The molecule has 1 fully saturated rings. The first-order chi connectivity index (χ1) is 13.2. The number of thioether (sulfide) groups is 1. The van der Waals surface area contributed by atoms with E-state index in [1.165, 1.54) is 11.8 Å². The highest BCUT2D eigenvalue weighted by molar-refractivity contribution is 8.00. The molecule has 1 amide bonds. The van der Waals surface area contributed by atoms with Gasteiger partial charge in [0.2, 0.25) is 5.91 Å². The number of rotatable bonds is 5. The molecule has 138 valence electrons. The van der Waals surface area contributed by atoms with Crippen molar-refractivity contribution in [3.63, 3.8) is 0 Å². The van der Waals surface area contributed by atoms with E-state index in [4.69, 9.17) is 9.40 Å². The Labute approximate surface area is 163 Å². The Morgan fingerprint density at radius 3 is 2.22 bits per heavy atom. The zero-order chi connectivity index (χ0) is 18.6. The molecule has 0 unspecified atom stereocenters. The van der Waals surface area contributed by atoms with Crippen LogP contribution in [0.2, 0.25) is 0 Å². The third-order valence-corrected chi connectivity index (χ3v) is 5.67. The number of amides is 1. The third kappa shape index (κ3) is 3.93. The lowest BCUT2D eigenvalue weighted by Gasteiger charge is -2.18. The van der Waals surface area contributed by atoms with E-state index in [0.717, 1.165) is 48.5 Å². The van der Waals surface area contributed by atoms with E-state index in [-0.39, 0.29) is 11.2 Å². The van der Waals surface area contributed by atoms with Crippen molar-refractivity contribution in [2.45, 2.75) is 30.2 Å². The topological polar surface area (TPSA) is 46.3 Å². The average Bonchev–Trinajstić information content (AvgIpc) is 3.39. The van der Waals surface area contributed by atoms with Crippen LogP contribution in [0, 0.1) is 0 Å².